The van der Waals surface area contributed by atoms with Gasteiger partial charge < -0.3 is 19.1 Å². The lowest BCUT2D eigenvalue weighted by Gasteiger charge is -2.38. The van der Waals surface area contributed by atoms with Crippen molar-refractivity contribution in [2.45, 2.75) is 38.2 Å². The van der Waals surface area contributed by atoms with E-state index in [1.807, 2.05) is 35.2 Å². The SMILES string of the molecule is O=C(COc1ccccc1)N1CCC2(CC1)CO[C@H](COCC1CC1)C2. The summed E-state index contributed by atoms with van der Waals surface area (Å²) in [6.07, 6.45) is 5.99. The van der Waals surface area contributed by atoms with E-state index in [2.05, 4.69) is 0 Å². The summed E-state index contributed by atoms with van der Waals surface area (Å²) in [7, 11) is 0. The topological polar surface area (TPSA) is 48.0 Å². The highest BCUT2D eigenvalue weighted by Gasteiger charge is 2.43. The molecule has 2 saturated heterocycles. The van der Waals surface area contributed by atoms with Gasteiger partial charge in [0.1, 0.15) is 5.75 Å². The van der Waals surface area contributed by atoms with E-state index in [1.54, 1.807) is 0 Å². The smallest absolute Gasteiger partial charge is 0.260 e. The molecule has 1 saturated carbocycles. The maximum atomic E-state index is 12.4. The molecule has 142 valence electrons. The number of hydrogen-bond acceptors (Lipinski definition) is 4. The lowest BCUT2D eigenvalue weighted by Crippen LogP contribution is -2.45. The van der Waals surface area contributed by atoms with E-state index < -0.39 is 0 Å². The molecule has 0 bridgehead atoms. The molecule has 0 N–H and O–H groups in total. The average Bonchev–Trinajstić information content (AvgIpc) is 3.42. The summed E-state index contributed by atoms with van der Waals surface area (Å²) in [6, 6.07) is 9.51. The van der Waals surface area contributed by atoms with Gasteiger partial charge in [-0.25, -0.2) is 0 Å². The van der Waals surface area contributed by atoms with Crippen LogP contribution < -0.4 is 4.74 Å². The molecule has 1 aromatic rings. The van der Waals surface area contributed by atoms with Crippen molar-refractivity contribution in [2.75, 3.05) is 39.5 Å². The predicted molar refractivity (Wildman–Crippen MR) is 98.1 cm³/mol. The van der Waals surface area contributed by atoms with Crippen LogP contribution in [0.3, 0.4) is 0 Å². The van der Waals surface area contributed by atoms with E-state index in [9.17, 15) is 4.79 Å². The second kappa shape index (κ2) is 7.97. The Kier molecular flexibility index (Phi) is 5.46. The third kappa shape index (κ3) is 4.57. The van der Waals surface area contributed by atoms with Gasteiger partial charge in [0, 0.05) is 19.7 Å². The number of para-hydroxylation sites is 1. The lowest BCUT2D eigenvalue weighted by molar-refractivity contribution is -0.135. The largest absolute Gasteiger partial charge is 0.484 e. The van der Waals surface area contributed by atoms with Gasteiger partial charge in [0.15, 0.2) is 6.61 Å². The molecule has 1 aromatic carbocycles. The molecule has 4 rings (SSSR count). The molecule has 2 aliphatic heterocycles. The van der Waals surface area contributed by atoms with Crippen LogP contribution in [-0.2, 0) is 14.3 Å². The molecule has 1 atom stereocenters. The molecule has 26 heavy (non-hydrogen) atoms. The van der Waals surface area contributed by atoms with Gasteiger partial charge in [0.25, 0.3) is 5.91 Å². The van der Waals surface area contributed by atoms with Crippen molar-refractivity contribution in [3.63, 3.8) is 0 Å². The minimum Gasteiger partial charge on any atom is -0.484 e. The van der Waals surface area contributed by atoms with Crippen LogP contribution in [0.1, 0.15) is 32.1 Å². The number of ether oxygens (including phenoxy) is 3. The number of carbonyl (C=O) groups is 1. The molecule has 3 fully saturated rings. The molecule has 0 aromatic heterocycles. The third-order valence-corrected chi connectivity index (χ3v) is 5.92. The zero-order valence-corrected chi connectivity index (χ0v) is 15.4. The Labute approximate surface area is 155 Å². The van der Waals surface area contributed by atoms with E-state index in [0.29, 0.717) is 0 Å². The van der Waals surface area contributed by atoms with Crippen LogP contribution in [0.15, 0.2) is 30.3 Å². The minimum absolute atomic E-state index is 0.0759. The zero-order valence-electron chi connectivity index (χ0n) is 15.4. The first-order chi connectivity index (χ1) is 12.7. The molecule has 5 heteroatoms. The standard InChI is InChI=1S/C21H29NO4/c23-20(15-25-18-4-2-1-3-5-18)22-10-8-21(9-11-22)12-19(26-16-21)14-24-13-17-6-7-17/h1-5,17,19H,6-16H2/t19-/m0/s1. The fourth-order valence-corrected chi connectivity index (χ4v) is 3.99. The van der Waals surface area contributed by atoms with Crippen molar-refractivity contribution in [1.29, 1.82) is 0 Å². The fourth-order valence-electron chi connectivity index (χ4n) is 3.99. The molecule has 5 nitrogen and oxygen atoms in total. The molecule has 1 amide bonds. The Bertz CT molecular complexity index is 593. The van der Waals surface area contributed by atoms with Gasteiger partial charge in [-0.1, -0.05) is 18.2 Å². The molecular formula is C21H29NO4. The second-order valence-electron chi connectivity index (χ2n) is 8.10. The number of rotatable bonds is 7. The van der Waals surface area contributed by atoms with E-state index in [1.165, 1.54) is 12.8 Å². The van der Waals surface area contributed by atoms with Crippen LogP contribution >= 0.6 is 0 Å². The van der Waals surface area contributed by atoms with Crippen molar-refractivity contribution < 1.29 is 19.0 Å². The van der Waals surface area contributed by atoms with Gasteiger partial charge >= 0.3 is 0 Å². The summed E-state index contributed by atoms with van der Waals surface area (Å²) >= 11 is 0. The Morgan fingerprint density at radius 2 is 1.92 bits per heavy atom. The monoisotopic (exact) mass is 359 g/mol. The Balaban J connectivity index is 1.18. The number of nitrogens with zero attached hydrogens (tertiary/aromatic N) is 1. The van der Waals surface area contributed by atoms with Gasteiger partial charge in [0.2, 0.25) is 0 Å². The average molecular weight is 359 g/mol. The molecule has 1 aliphatic carbocycles. The molecule has 1 spiro atoms. The summed E-state index contributed by atoms with van der Waals surface area (Å²) in [6.45, 7) is 4.16. The summed E-state index contributed by atoms with van der Waals surface area (Å²) in [5.74, 6) is 1.62. The van der Waals surface area contributed by atoms with E-state index >= 15 is 0 Å². The molecular weight excluding hydrogens is 330 g/mol. The first-order valence-electron chi connectivity index (χ1n) is 9.87. The van der Waals surface area contributed by atoms with Crippen molar-refractivity contribution in [3.05, 3.63) is 30.3 Å². The minimum atomic E-state index is 0.0759. The summed E-state index contributed by atoms with van der Waals surface area (Å²) in [5.41, 5.74) is 0.241. The van der Waals surface area contributed by atoms with Crippen LogP contribution in [-0.4, -0.2) is 56.4 Å². The lowest BCUT2D eigenvalue weighted by atomic mass is 9.76. The van der Waals surface area contributed by atoms with Gasteiger partial charge in [0.05, 0.1) is 19.3 Å². The van der Waals surface area contributed by atoms with E-state index in [4.69, 9.17) is 14.2 Å². The second-order valence-corrected chi connectivity index (χ2v) is 8.10. The number of carbonyl (C=O) groups excluding carboxylic acids is 1. The summed E-state index contributed by atoms with van der Waals surface area (Å²) < 4.78 is 17.4. The van der Waals surface area contributed by atoms with Crippen LogP contribution in [0.4, 0.5) is 0 Å². The van der Waals surface area contributed by atoms with Crippen LogP contribution in [0.25, 0.3) is 0 Å². The highest BCUT2D eigenvalue weighted by Crippen LogP contribution is 2.42. The van der Waals surface area contributed by atoms with Crippen molar-refractivity contribution in [1.82, 2.24) is 4.90 Å². The normalized spacial score (nSPS) is 24.8. The van der Waals surface area contributed by atoms with E-state index in [-0.39, 0.29) is 24.0 Å². The van der Waals surface area contributed by atoms with Crippen molar-refractivity contribution in [3.8, 4) is 5.75 Å². The van der Waals surface area contributed by atoms with Crippen molar-refractivity contribution >= 4 is 5.91 Å². The maximum Gasteiger partial charge on any atom is 0.260 e. The molecule has 0 unspecified atom stereocenters. The third-order valence-electron chi connectivity index (χ3n) is 5.92. The van der Waals surface area contributed by atoms with E-state index in [0.717, 1.165) is 63.8 Å². The van der Waals surface area contributed by atoms with Gasteiger partial charge in [-0.15, -0.1) is 0 Å². The highest BCUT2D eigenvalue weighted by atomic mass is 16.5. The number of hydrogen-bond donors (Lipinski definition) is 0. The number of likely N-dealkylation sites (tertiary alicyclic amines) is 1. The van der Waals surface area contributed by atoms with Gasteiger partial charge in [-0.05, 0) is 55.6 Å². The maximum absolute atomic E-state index is 12.4. The molecule has 2 heterocycles. The quantitative estimate of drug-likeness (QED) is 0.751. The molecule has 3 aliphatic rings. The van der Waals surface area contributed by atoms with Gasteiger partial charge in [-0.2, -0.15) is 0 Å². The predicted octanol–water partition coefficient (Wildman–Crippen LogP) is 2.89. The summed E-state index contributed by atoms with van der Waals surface area (Å²) in [4.78, 5) is 14.3. The van der Waals surface area contributed by atoms with Gasteiger partial charge in [-0.3, -0.25) is 4.79 Å². The first-order valence-corrected chi connectivity index (χ1v) is 9.87. The van der Waals surface area contributed by atoms with Crippen molar-refractivity contribution in [2.24, 2.45) is 11.3 Å². The summed E-state index contributed by atoms with van der Waals surface area (Å²) in [5, 5.41) is 0. The zero-order chi connectivity index (χ0) is 17.8. The number of piperidine rings is 1. The Morgan fingerprint density at radius 1 is 1.15 bits per heavy atom. The highest BCUT2D eigenvalue weighted by molar-refractivity contribution is 5.77. The van der Waals surface area contributed by atoms with Crippen LogP contribution in [0.5, 0.6) is 5.75 Å². The first kappa shape index (κ1) is 17.8. The van der Waals surface area contributed by atoms with Crippen LogP contribution in [0.2, 0.25) is 0 Å². The number of benzene rings is 1. The Morgan fingerprint density at radius 3 is 2.65 bits per heavy atom. The van der Waals surface area contributed by atoms with Crippen LogP contribution in [0, 0.1) is 11.3 Å². The molecule has 0 radical (unpaired) electrons. The fraction of sp³-hybridized carbons (Fsp3) is 0.667. The number of amides is 1. The Hall–Kier alpha value is -1.59.